The van der Waals surface area contributed by atoms with E-state index in [1.54, 1.807) is 31.2 Å². The Morgan fingerprint density at radius 3 is 2.39 bits per heavy atom. The molecular weight excluding hydrogens is 277 g/mol. The van der Waals surface area contributed by atoms with Crippen LogP contribution in [0.2, 0.25) is 0 Å². The van der Waals surface area contributed by atoms with Gasteiger partial charge in [0.25, 0.3) is 0 Å². The van der Waals surface area contributed by atoms with E-state index in [1.807, 2.05) is 6.07 Å². The molecule has 100 valence electrons. The lowest BCUT2D eigenvalue weighted by Gasteiger charge is -2.22. The quantitative estimate of drug-likeness (QED) is 0.784. The van der Waals surface area contributed by atoms with E-state index in [-0.39, 0.29) is 20.9 Å². The summed E-state index contributed by atoms with van der Waals surface area (Å²) in [4.78, 5) is 10.7. The summed E-state index contributed by atoms with van der Waals surface area (Å²) in [6.07, 6.45) is 0. The molecule has 2 unspecified atom stereocenters. The van der Waals surface area contributed by atoms with Crippen LogP contribution in [0, 0.1) is 5.92 Å². The fourth-order valence-corrected chi connectivity index (χ4v) is 1.81. The minimum absolute atomic E-state index is 0. The number of ether oxygens (including phenoxy) is 1. The van der Waals surface area contributed by atoms with E-state index in [4.69, 9.17) is 15.6 Å². The highest BCUT2D eigenvalue weighted by Crippen LogP contribution is 2.24. The molecule has 3 atom stereocenters. The van der Waals surface area contributed by atoms with Crippen molar-refractivity contribution in [2.75, 3.05) is 0 Å². The average molecular weight is 292 g/mol. The number of carboxylic acid groups (broad SMARTS) is 1. The maximum Gasteiger partial charge on any atom is 0.320 e. The number of rotatable bonds is 6. The zero-order valence-corrected chi connectivity index (χ0v) is 11.4. The van der Waals surface area contributed by atoms with Crippen LogP contribution in [0.5, 0.6) is 5.75 Å². The molecule has 0 heterocycles. The summed E-state index contributed by atoms with van der Waals surface area (Å²) in [7, 11) is -0.286. The van der Waals surface area contributed by atoms with Crippen LogP contribution in [0.1, 0.15) is 6.92 Å². The lowest BCUT2D eigenvalue weighted by Crippen LogP contribution is -2.42. The van der Waals surface area contributed by atoms with E-state index in [2.05, 4.69) is 0 Å². The van der Waals surface area contributed by atoms with Gasteiger partial charge in [-0.2, -0.15) is 0 Å². The molecule has 0 aliphatic rings. The Kier molecular flexibility index (Phi) is 7.51. The number of aliphatic carboxylic acids is 1. The first-order chi connectivity index (χ1) is 8.06. The van der Waals surface area contributed by atoms with Gasteiger partial charge in [-0.25, -0.2) is 0 Å². The van der Waals surface area contributed by atoms with Gasteiger partial charge in [-0.1, -0.05) is 25.1 Å². The highest BCUT2D eigenvalue weighted by Gasteiger charge is 2.30. The molecule has 1 rings (SSSR count). The number of hydrogen-bond donors (Lipinski definition) is 2. The standard InChI is InChI=1S/C11H14NO4P.ClH/c1-7(9(12)10(13)14)11(17-15)16-8-5-3-2-4-6-8;/h2-7,9,11H,12H2,1H3,(H,13,14);1H/t7?,9-,11?;/m0./s1. The average Bonchev–Trinajstić information content (AvgIpc) is 2.35. The van der Waals surface area contributed by atoms with E-state index < -0.39 is 23.8 Å². The number of halogens is 1. The van der Waals surface area contributed by atoms with Crippen molar-refractivity contribution in [2.45, 2.75) is 18.8 Å². The van der Waals surface area contributed by atoms with Gasteiger partial charge in [0, 0.05) is 5.92 Å². The predicted octanol–water partition coefficient (Wildman–Crippen LogP) is 2.15. The molecule has 0 aliphatic carbocycles. The van der Waals surface area contributed by atoms with E-state index in [0.29, 0.717) is 5.75 Å². The van der Waals surface area contributed by atoms with Crippen LogP contribution in [0.4, 0.5) is 0 Å². The van der Waals surface area contributed by atoms with Crippen LogP contribution < -0.4 is 10.5 Å². The van der Waals surface area contributed by atoms with Crippen LogP contribution >= 0.6 is 20.9 Å². The number of para-hydroxylation sites is 1. The largest absolute Gasteiger partial charge is 0.480 e. The highest BCUT2D eigenvalue weighted by atomic mass is 35.5. The fourth-order valence-electron chi connectivity index (χ4n) is 1.27. The Hall–Kier alpha value is -1.16. The van der Waals surface area contributed by atoms with E-state index >= 15 is 0 Å². The summed E-state index contributed by atoms with van der Waals surface area (Å²) >= 11 is 0. The molecule has 7 heteroatoms. The zero-order chi connectivity index (χ0) is 12.8. The molecule has 1 aromatic carbocycles. The Morgan fingerprint density at radius 2 is 1.94 bits per heavy atom. The smallest absolute Gasteiger partial charge is 0.320 e. The van der Waals surface area contributed by atoms with E-state index in [1.165, 1.54) is 0 Å². The van der Waals surface area contributed by atoms with Crippen LogP contribution in [-0.2, 0) is 9.36 Å². The van der Waals surface area contributed by atoms with Gasteiger partial charge in [-0.05, 0) is 12.1 Å². The Balaban J connectivity index is 0.00000289. The second-order valence-corrected chi connectivity index (χ2v) is 4.37. The fraction of sp³-hybridized carbons (Fsp3) is 0.364. The number of hydrogen-bond acceptors (Lipinski definition) is 4. The summed E-state index contributed by atoms with van der Waals surface area (Å²) in [5, 5.41) is 8.78. The Labute approximate surface area is 113 Å². The van der Waals surface area contributed by atoms with E-state index in [0.717, 1.165) is 0 Å². The van der Waals surface area contributed by atoms with Crippen LogP contribution in [-0.4, -0.2) is 23.0 Å². The summed E-state index contributed by atoms with van der Waals surface area (Å²) in [6, 6.07) is 7.67. The third-order valence-electron chi connectivity index (χ3n) is 2.41. The van der Waals surface area contributed by atoms with Crippen LogP contribution in [0.3, 0.4) is 0 Å². The number of nitrogens with two attached hydrogens (primary N) is 1. The van der Waals surface area contributed by atoms with Crippen molar-refractivity contribution < 1.29 is 19.2 Å². The van der Waals surface area contributed by atoms with Crippen molar-refractivity contribution in [1.82, 2.24) is 0 Å². The normalized spacial score (nSPS) is 15.2. The Morgan fingerprint density at radius 1 is 1.39 bits per heavy atom. The molecule has 0 fully saturated rings. The molecule has 5 nitrogen and oxygen atoms in total. The number of carbonyl (C=O) groups is 1. The topological polar surface area (TPSA) is 89.6 Å². The van der Waals surface area contributed by atoms with Crippen molar-refractivity contribution in [2.24, 2.45) is 11.7 Å². The van der Waals surface area contributed by atoms with Crippen molar-refractivity contribution in [3.05, 3.63) is 30.3 Å². The molecule has 18 heavy (non-hydrogen) atoms. The zero-order valence-electron chi connectivity index (χ0n) is 9.72. The minimum Gasteiger partial charge on any atom is -0.480 e. The van der Waals surface area contributed by atoms with Crippen molar-refractivity contribution in [1.29, 1.82) is 0 Å². The molecule has 0 aromatic heterocycles. The highest BCUT2D eigenvalue weighted by molar-refractivity contribution is 7.24. The minimum atomic E-state index is -1.14. The molecule has 1 aromatic rings. The van der Waals surface area contributed by atoms with Gasteiger partial charge in [-0.15, -0.1) is 12.4 Å². The molecule has 0 radical (unpaired) electrons. The number of carboxylic acids is 1. The van der Waals surface area contributed by atoms with Crippen molar-refractivity contribution >= 4 is 26.8 Å². The second kappa shape index (κ2) is 8.03. The van der Waals surface area contributed by atoms with Gasteiger partial charge in [0.15, 0.2) is 5.85 Å². The maximum absolute atomic E-state index is 11.0. The van der Waals surface area contributed by atoms with Crippen molar-refractivity contribution in [3.63, 3.8) is 0 Å². The van der Waals surface area contributed by atoms with Crippen LogP contribution in [0.25, 0.3) is 0 Å². The van der Waals surface area contributed by atoms with Gasteiger partial charge in [0.2, 0.25) is 8.46 Å². The Bertz CT molecular complexity index is 390. The third-order valence-corrected chi connectivity index (χ3v) is 3.19. The van der Waals surface area contributed by atoms with Gasteiger partial charge in [-0.3, -0.25) is 9.36 Å². The first kappa shape index (κ1) is 16.8. The van der Waals surface area contributed by atoms with Gasteiger partial charge >= 0.3 is 5.97 Å². The summed E-state index contributed by atoms with van der Waals surface area (Å²) in [5.41, 5.74) is 5.47. The predicted molar refractivity (Wildman–Crippen MR) is 70.5 cm³/mol. The number of benzene rings is 1. The third kappa shape index (κ3) is 4.61. The molecule has 0 aliphatic heterocycles. The molecule has 0 bridgehead atoms. The summed E-state index contributed by atoms with van der Waals surface area (Å²) in [5.74, 6) is -1.94. The van der Waals surface area contributed by atoms with Crippen LogP contribution in [0.15, 0.2) is 30.3 Å². The molecule has 0 saturated carbocycles. The molecule has 0 amide bonds. The van der Waals surface area contributed by atoms with Gasteiger partial charge < -0.3 is 15.6 Å². The van der Waals surface area contributed by atoms with E-state index in [9.17, 15) is 9.36 Å². The lowest BCUT2D eigenvalue weighted by atomic mass is 10.0. The molecule has 3 N–H and O–H groups in total. The maximum atomic E-state index is 11.0. The first-order valence-corrected chi connectivity index (χ1v) is 5.97. The SMILES string of the molecule is CC(C(Oc1ccccc1)P=O)[C@H](N)C(=O)O.Cl. The summed E-state index contributed by atoms with van der Waals surface area (Å²) < 4.78 is 16.4. The van der Waals surface area contributed by atoms with Gasteiger partial charge in [0.05, 0.1) is 0 Å². The first-order valence-electron chi connectivity index (χ1n) is 5.09. The second-order valence-electron chi connectivity index (χ2n) is 3.65. The molecule has 0 saturated heterocycles. The molecule has 0 spiro atoms. The monoisotopic (exact) mass is 291 g/mol. The molecular formula is C11H15ClNO4P. The lowest BCUT2D eigenvalue weighted by molar-refractivity contribution is -0.140. The van der Waals surface area contributed by atoms with Crippen molar-refractivity contribution in [3.8, 4) is 5.75 Å². The van der Waals surface area contributed by atoms with Gasteiger partial charge in [0.1, 0.15) is 11.8 Å². The summed E-state index contributed by atoms with van der Waals surface area (Å²) in [6.45, 7) is 1.59.